The lowest BCUT2D eigenvalue weighted by atomic mass is 10.2. The number of ether oxygens (including phenoxy) is 1. The molecule has 0 aliphatic rings. The fraction of sp³-hybridized carbons (Fsp3) is 0.182. The van der Waals surface area contributed by atoms with Crippen molar-refractivity contribution in [3.05, 3.63) is 82.1 Å². The first kappa shape index (κ1) is 26.6. The lowest BCUT2D eigenvalue weighted by Crippen LogP contribution is -2.36. The summed E-state index contributed by atoms with van der Waals surface area (Å²) < 4.78 is 72.4. The second kappa shape index (κ2) is 10.3. The number of alkyl halides is 3. The fourth-order valence-corrected chi connectivity index (χ4v) is 4.66. The summed E-state index contributed by atoms with van der Waals surface area (Å²) in [6.07, 6.45) is -3.81. The van der Waals surface area contributed by atoms with Crippen LogP contribution >= 0.6 is 23.2 Å². The minimum atomic E-state index is -4.95. The molecule has 35 heavy (non-hydrogen) atoms. The molecule has 0 unspecified atom stereocenters. The Morgan fingerprint density at radius 2 is 1.80 bits per heavy atom. The molecule has 0 saturated heterocycles. The number of pyridine rings is 1. The number of aromatic nitrogens is 1. The third-order valence-corrected chi connectivity index (χ3v) is 6.84. The highest BCUT2D eigenvalue weighted by atomic mass is 35.5. The minimum absolute atomic E-state index is 0.0298. The Bertz CT molecular complexity index is 1340. The van der Waals surface area contributed by atoms with E-state index < -0.39 is 44.3 Å². The van der Waals surface area contributed by atoms with Crippen molar-refractivity contribution in [1.29, 1.82) is 0 Å². The van der Waals surface area contributed by atoms with Gasteiger partial charge in [0.2, 0.25) is 0 Å². The molecular weight excluding hydrogens is 530 g/mol. The van der Waals surface area contributed by atoms with Gasteiger partial charge in [0.05, 0.1) is 16.3 Å². The summed E-state index contributed by atoms with van der Waals surface area (Å²) in [5.74, 6) is -0.707. The molecule has 0 N–H and O–H groups in total. The summed E-state index contributed by atoms with van der Waals surface area (Å²) in [4.78, 5) is 17.6. The van der Waals surface area contributed by atoms with Gasteiger partial charge in [-0.3, -0.25) is 4.79 Å². The zero-order valence-electron chi connectivity index (χ0n) is 18.1. The van der Waals surface area contributed by atoms with Crippen LogP contribution in [-0.2, 0) is 20.9 Å². The first-order valence-corrected chi connectivity index (χ1v) is 11.8. The average molecular weight is 546 g/mol. The van der Waals surface area contributed by atoms with Gasteiger partial charge in [-0.25, -0.2) is 17.7 Å². The summed E-state index contributed by atoms with van der Waals surface area (Å²) in [5, 5.41) is -0.877. The van der Waals surface area contributed by atoms with E-state index in [0.717, 1.165) is 19.4 Å². The first-order chi connectivity index (χ1) is 16.4. The average Bonchev–Trinajstić information content (AvgIpc) is 2.81. The molecule has 2 aromatic carbocycles. The highest BCUT2D eigenvalue weighted by Gasteiger charge is 2.37. The van der Waals surface area contributed by atoms with Crippen LogP contribution in [0.1, 0.15) is 16.1 Å². The van der Waals surface area contributed by atoms with E-state index in [1.165, 1.54) is 11.9 Å². The second-order valence-electron chi connectivity index (χ2n) is 6.98. The van der Waals surface area contributed by atoms with Crippen molar-refractivity contribution in [3.63, 3.8) is 0 Å². The zero-order chi connectivity index (χ0) is 26.0. The Labute approximate surface area is 209 Å². The quantitative estimate of drug-likeness (QED) is 0.386. The number of anilines is 2. The maximum atomic E-state index is 13.4. The molecule has 1 aromatic heterocycles. The van der Waals surface area contributed by atoms with Crippen LogP contribution in [-0.4, -0.2) is 40.2 Å². The van der Waals surface area contributed by atoms with Crippen molar-refractivity contribution >= 4 is 50.5 Å². The fourth-order valence-electron chi connectivity index (χ4n) is 2.98. The normalized spacial score (nSPS) is 11.6. The molecule has 0 aliphatic carbocycles. The van der Waals surface area contributed by atoms with Gasteiger partial charge in [0, 0.05) is 26.0 Å². The third kappa shape index (κ3) is 5.62. The van der Waals surface area contributed by atoms with Gasteiger partial charge >= 0.3 is 6.18 Å². The Balaban J connectivity index is 2.16. The zero-order valence-corrected chi connectivity index (χ0v) is 20.4. The maximum absolute atomic E-state index is 13.4. The van der Waals surface area contributed by atoms with Crippen LogP contribution in [0.4, 0.5) is 24.5 Å². The second-order valence-corrected chi connectivity index (χ2v) is 9.62. The van der Waals surface area contributed by atoms with Gasteiger partial charge in [0.25, 0.3) is 15.9 Å². The van der Waals surface area contributed by atoms with Crippen molar-refractivity contribution in [2.75, 3.05) is 30.1 Å². The van der Waals surface area contributed by atoms with Crippen molar-refractivity contribution in [2.45, 2.75) is 11.1 Å². The molecule has 0 fully saturated rings. The summed E-state index contributed by atoms with van der Waals surface area (Å²) in [5.41, 5.74) is -1.59. The van der Waals surface area contributed by atoms with Crippen molar-refractivity contribution in [1.82, 2.24) is 4.98 Å². The highest BCUT2D eigenvalue weighted by molar-refractivity contribution is 7.92. The molecule has 0 aliphatic heterocycles. The molecule has 7 nitrogen and oxygen atoms in total. The summed E-state index contributed by atoms with van der Waals surface area (Å²) >= 11 is 11.6. The van der Waals surface area contributed by atoms with Gasteiger partial charge in [-0.05, 0) is 36.4 Å². The van der Waals surface area contributed by atoms with Crippen LogP contribution in [0.3, 0.4) is 0 Å². The SMILES string of the molecule is COCN(c1cc(Cl)cnc1C(=O)N(C)c1ccccc1)S(=O)(=O)c1c#cc(Cl)c(C(F)(F)F)c1. The Hall–Kier alpha value is -3.04. The molecular formula is C22H16Cl2F3N3O4S. The van der Waals surface area contributed by atoms with Crippen LogP contribution in [0.2, 0.25) is 10.0 Å². The predicted molar refractivity (Wildman–Crippen MR) is 124 cm³/mol. The molecule has 3 rings (SSSR count). The molecule has 0 atom stereocenters. The van der Waals surface area contributed by atoms with Gasteiger partial charge in [-0.15, -0.1) is 0 Å². The molecule has 0 spiro atoms. The van der Waals surface area contributed by atoms with Crippen LogP contribution < -0.4 is 9.21 Å². The van der Waals surface area contributed by atoms with Crippen LogP contribution in [0, 0.1) is 12.1 Å². The predicted octanol–water partition coefficient (Wildman–Crippen LogP) is 5.08. The lowest BCUT2D eigenvalue weighted by Gasteiger charge is -2.26. The number of para-hydroxylation sites is 1. The van der Waals surface area contributed by atoms with Crippen molar-refractivity contribution in [2.24, 2.45) is 0 Å². The summed E-state index contributed by atoms with van der Waals surface area (Å²) in [6.45, 7) is -0.683. The lowest BCUT2D eigenvalue weighted by molar-refractivity contribution is -0.137. The van der Waals surface area contributed by atoms with E-state index >= 15 is 0 Å². The Kier molecular flexibility index (Phi) is 7.81. The first-order valence-electron chi connectivity index (χ1n) is 9.59. The summed E-state index contributed by atoms with van der Waals surface area (Å²) in [6, 6.07) is 14.0. The molecule has 13 heteroatoms. The number of rotatable bonds is 7. The number of nitrogens with zero attached hydrogens (tertiary/aromatic N) is 3. The Morgan fingerprint density at radius 1 is 1.14 bits per heavy atom. The minimum Gasteiger partial charge on any atom is -0.363 e. The summed E-state index contributed by atoms with van der Waals surface area (Å²) in [7, 11) is -2.17. The van der Waals surface area contributed by atoms with Gasteiger partial charge in [0.1, 0.15) is 16.6 Å². The largest absolute Gasteiger partial charge is 0.418 e. The number of benzene rings is 1. The number of carbonyl (C=O) groups is 1. The number of sulfonamides is 1. The number of methoxy groups -OCH3 is 1. The number of carbonyl (C=O) groups excluding carboxylic acids is 1. The highest BCUT2D eigenvalue weighted by Crippen LogP contribution is 2.36. The van der Waals surface area contributed by atoms with Crippen molar-refractivity contribution < 1.29 is 31.1 Å². The molecule has 1 amide bonds. The standard InChI is InChI=1S/C22H16Cl2F3N3O4S/c1-29(15-6-4-3-5-7-15)21(31)20-19(10-14(23)12-28-20)30(13-34-2)35(32,33)16-8-9-18(24)17(11-16)22(25,26)27/h3-7,10-12H,13H2,1-2H3. The molecule has 1 heterocycles. The number of hydrogen-bond donors (Lipinski definition) is 0. The van der Waals surface area contributed by atoms with Crippen LogP contribution in [0.15, 0.2) is 53.6 Å². The number of halogens is 5. The Morgan fingerprint density at radius 3 is 2.40 bits per heavy atom. The third-order valence-electron chi connectivity index (χ3n) is 4.68. The smallest absolute Gasteiger partial charge is 0.363 e. The van der Waals surface area contributed by atoms with Gasteiger partial charge in [0.15, 0.2) is 5.69 Å². The van der Waals surface area contributed by atoms with Crippen LogP contribution in [0.25, 0.3) is 0 Å². The molecule has 0 bridgehead atoms. The van der Waals surface area contributed by atoms with E-state index in [1.54, 1.807) is 30.3 Å². The van der Waals surface area contributed by atoms with Crippen molar-refractivity contribution in [3.8, 4) is 0 Å². The van der Waals surface area contributed by atoms with Gasteiger partial charge in [-0.1, -0.05) is 41.4 Å². The van der Waals surface area contributed by atoms with Gasteiger partial charge in [-0.2, -0.15) is 13.2 Å². The molecule has 0 radical (unpaired) electrons. The number of hydrogen-bond acceptors (Lipinski definition) is 5. The van der Waals surface area contributed by atoms with E-state index in [9.17, 15) is 26.4 Å². The van der Waals surface area contributed by atoms with Gasteiger partial charge < -0.3 is 9.64 Å². The van der Waals surface area contributed by atoms with Crippen LogP contribution in [0.5, 0.6) is 0 Å². The maximum Gasteiger partial charge on any atom is 0.418 e. The van der Waals surface area contributed by atoms with E-state index in [0.29, 0.717) is 16.1 Å². The van der Waals surface area contributed by atoms with E-state index in [1.807, 2.05) is 6.07 Å². The van der Waals surface area contributed by atoms with E-state index in [4.69, 9.17) is 27.9 Å². The molecule has 0 saturated carbocycles. The van der Waals surface area contributed by atoms with E-state index in [2.05, 4.69) is 11.1 Å². The molecule has 184 valence electrons. The topological polar surface area (TPSA) is 79.8 Å². The molecule has 3 aromatic rings. The van der Waals surface area contributed by atoms with E-state index in [-0.39, 0.29) is 16.4 Å². The number of amides is 1. The monoisotopic (exact) mass is 545 g/mol.